The Morgan fingerprint density at radius 2 is 2.19 bits per heavy atom. The highest BCUT2D eigenvalue weighted by Gasteiger charge is 2.26. The number of hydrogen-bond donors (Lipinski definition) is 1. The first-order valence-corrected chi connectivity index (χ1v) is 7.99. The zero-order valence-electron chi connectivity index (χ0n) is 11.9. The molecule has 0 radical (unpaired) electrons. The summed E-state index contributed by atoms with van der Waals surface area (Å²) < 4.78 is 25.8. The van der Waals surface area contributed by atoms with Crippen molar-refractivity contribution in [3.8, 4) is 0 Å². The molecule has 21 heavy (non-hydrogen) atoms. The molecule has 0 bridgehead atoms. The first-order valence-electron chi connectivity index (χ1n) is 7.01. The maximum Gasteiger partial charge on any atom is 0.223 e. The lowest BCUT2D eigenvalue weighted by Crippen LogP contribution is -2.45. The van der Waals surface area contributed by atoms with Crippen molar-refractivity contribution in [1.29, 1.82) is 0 Å². The Kier molecular flexibility index (Phi) is 5.58. The fourth-order valence-electron chi connectivity index (χ4n) is 2.34. The highest BCUT2D eigenvalue weighted by Crippen LogP contribution is 2.22. The summed E-state index contributed by atoms with van der Waals surface area (Å²) in [7, 11) is 0. The number of aliphatic hydroxyl groups is 1. The molecule has 0 aliphatic carbocycles. The van der Waals surface area contributed by atoms with Crippen LogP contribution in [0.1, 0.15) is 19.8 Å². The quantitative estimate of drug-likeness (QED) is 0.869. The zero-order chi connectivity index (χ0) is 15.4. The number of hydrogen-bond acceptors (Lipinski definition) is 3. The standard InChI is InChI=1S/C15H19F2NO2S/c1-10-9-18(6-4-14(10)19)15(20)5-7-21-11-2-3-12(16)13(17)8-11/h2-3,8,10,14,19H,4-7,9H2,1H3. The summed E-state index contributed by atoms with van der Waals surface area (Å²) in [4.78, 5) is 14.4. The molecule has 2 unspecified atom stereocenters. The van der Waals surface area contributed by atoms with Gasteiger partial charge in [0.05, 0.1) is 6.10 Å². The van der Waals surface area contributed by atoms with Gasteiger partial charge < -0.3 is 10.0 Å². The number of carbonyl (C=O) groups is 1. The van der Waals surface area contributed by atoms with Gasteiger partial charge in [-0.05, 0) is 30.5 Å². The van der Waals surface area contributed by atoms with Gasteiger partial charge in [0.2, 0.25) is 5.91 Å². The molecule has 1 fully saturated rings. The van der Waals surface area contributed by atoms with Crippen LogP contribution < -0.4 is 0 Å². The molecule has 1 aromatic rings. The van der Waals surface area contributed by atoms with E-state index in [0.29, 0.717) is 36.6 Å². The van der Waals surface area contributed by atoms with Crippen molar-refractivity contribution in [3.63, 3.8) is 0 Å². The molecule has 2 atom stereocenters. The van der Waals surface area contributed by atoms with Crippen LogP contribution in [0.15, 0.2) is 23.1 Å². The van der Waals surface area contributed by atoms with Crippen molar-refractivity contribution in [2.75, 3.05) is 18.8 Å². The van der Waals surface area contributed by atoms with Crippen LogP contribution in [-0.2, 0) is 4.79 Å². The number of piperidine rings is 1. The second-order valence-electron chi connectivity index (χ2n) is 5.35. The summed E-state index contributed by atoms with van der Waals surface area (Å²) in [5, 5.41) is 9.64. The van der Waals surface area contributed by atoms with Gasteiger partial charge in [-0.2, -0.15) is 0 Å². The largest absolute Gasteiger partial charge is 0.393 e. The molecule has 1 aliphatic rings. The van der Waals surface area contributed by atoms with Crippen molar-refractivity contribution in [2.24, 2.45) is 5.92 Å². The van der Waals surface area contributed by atoms with Crippen LogP contribution in [0.5, 0.6) is 0 Å². The highest BCUT2D eigenvalue weighted by atomic mass is 32.2. The predicted octanol–water partition coefficient (Wildman–Crippen LogP) is 2.68. The van der Waals surface area contributed by atoms with Gasteiger partial charge in [-0.1, -0.05) is 6.92 Å². The first-order chi connectivity index (χ1) is 9.97. The second-order valence-corrected chi connectivity index (χ2v) is 6.52. The van der Waals surface area contributed by atoms with E-state index < -0.39 is 11.6 Å². The number of likely N-dealkylation sites (tertiary alicyclic amines) is 1. The van der Waals surface area contributed by atoms with E-state index in [2.05, 4.69) is 0 Å². The topological polar surface area (TPSA) is 40.5 Å². The maximum atomic E-state index is 13.0. The molecule has 1 heterocycles. The lowest BCUT2D eigenvalue weighted by atomic mass is 9.96. The normalized spacial score (nSPS) is 22.4. The molecular formula is C15H19F2NO2S. The third-order valence-electron chi connectivity index (χ3n) is 3.69. The van der Waals surface area contributed by atoms with E-state index in [1.165, 1.54) is 17.8 Å². The summed E-state index contributed by atoms with van der Waals surface area (Å²) in [6.45, 7) is 3.09. The van der Waals surface area contributed by atoms with Crippen molar-refractivity contribution in [1.82, 2.24) is 4.90 Å². The van der Waals surface area contributed by atoms with Crippen molar-refractivity contribution in [3.05, 3.63) is 29.8 Å². The molecule has 6 heteroatoms. The minimum Gasteiger partial charge on any atom is -0.393 e. The van der Waals surface area contributed by atoms with Crippen molar-refractivity contribution in [2.45, 2.75) is 30.8 Å². The Hall–Kier alpha value is -1.14. The molecule has 1 amide bonds. The molecule has 2 rings (SSSR count). The summed E-state index contributed by atoms with van der Waals surface area (Å²) in [6, 6.07) is 3.74. The number of thioether (sulfide) groups is 1. The van der Waals surface area contributed by atoms with E-state index in [9.17, 15) is 18.7 Å². The van der Waals surface area contributed by atoms with E-state index in [-0.39, 0.29) is 17.9 Å². The Morgan fingerprint density at radius 1 is 1.43 bits per heavy atom. The Morgan fingerprint density at radius 3 is 2.86 bits per heavy atom. The number of amides is 1. The van der Waals surface area contributed by atoms with Gasteiger partial charge >= 0.3 is 0 Å². The van der Waals surface area contributed by atoms with Crippen LogP contribution in [0.4, 0.5) is 8.78 Å². The van der Waals surface area contributed by atoms with Crippen molar-refractivity contribution < 1.29 is 18.7 Å². The van der Waals surface area contributed by atoms with Crippen LogP contribution in [0.2, 0.25) is 0 Å². The Labute approximate surface area is 127 Å². The number of benzene rings is 1. The van der Waals surface area contributed by atoms with E-state index in [0.717, 1.165) is 12.1 Å². The highest BCUT2D eigenvalue weighted by molar-refractivity contribution is 7.99. The maximum absolute atomic E-state index is 13.0. The smallest absolute Gasteiger partial charge is 0.223 e. The van der Waals surface area contributed by atoms with Crippen LogP contribution in [0.25, 0.3) is 0 Å². The van der Waals surface area contributed by atoms with Crippen LogP contribution >= 0.6 is 11.8 Å². The molecule has 116 valence electrons. The number of nitrogens with zero attached hydrogens (tertiary/aromatic N) is 1. The number of carbonyl (C=O) groups excluding carboxylic acids is 1. The number of rotatable bonds is 4. The van der Waals surface area contributed by atoms with Crippen molar-refractivity contribution >= 4 is 17.7 Å². The van der Waals surface area contributed by atoms with Crippen LogP contribution in [0.3, 0.4) is 0 Å². The van der Waals surface area contributed by atoms with E-state index in [1.807, 2.05) is 6.92 Å². The summed E-state index contributed by atoms with van der Waals surface area (Å²) in [6.07, 6.45) is 0.640. The average Bonchev–Trinajstić information content (AvgIpc) is 2.45. The number of halogens is 2. The molecule has 0 aromatic heterocycles. The van der Waals surface area contributed by atoms with Gasteiger partial charge in [0, 0.05) is 30.2 Å². The fraction of sp³-hybridized carbons (Fsp3) is 0.533. The lowest BCUT2D eigenvalue weighted by molar-refractivity contribution is -0.134. The van der Waals surface area contributed by atoms with Gasteiger partial charge in [-0.3, -0.25) is 4.79 Å². The second kappa shape index (κ2) is 7.22. The zero-order valence-corrected chi connectivity index (χ0v) is 12.7. The summed E-state index contributed by atoms with van der Waals surface area (Å²) in [5.74, 6) is -1.07. The average molecular weight is 315 g/mol. The summed E-state index contributed by atoms with van der Waals surface area (Å²) in [5.41, 5.74) is 0. The number of aliphatic hydroxyl groups excluding tert-OH is 1. The van der Waals surface area contributed by atoms with Gasteiger partial charge in [0.15, 0.2) is 11.6 Å². The molecule has 3 nitrogen and oxygen atoms in total. The van der Waals surface area contributed by atoms with Crippen LogP contribution in [-0.4, -0.2) is 40.9 Å². The van der Waals surface area contributed by atoms with E-state index >= 15 is 0 Å². The molecule has 1 N–H and O–H groups in total. The lowest BCUT2D eigenvalue weighted by Gasteiger charge is -2.34. The fourth-order valence-corrected chi connectivity index (χ4v) is 3.20. The molecule has 1 aromatic carbocycles. The van der Waals surface area contributed by atoms with E-state index in [1.54, 1.807) is 4.90 Å². The SMILES string of the molecule is CC1CN(C(=O)CCSc2ccc(F)c(F)c2)CCC1O. The monoisotopic (exact) mass is 315 g/mol. The molecule has 1 saturated heterocycles. The molecule has 0 spiro atoms. The van der Waals surface area contributed by atoms with Gasteiger partial charge in [0.1, 0.15) is 0 Å². The third-order valence-corrected chi connectivity index (χ3v) is 4.68. The first kappa shape index (κ1) is 16.2. The predicted molar refractivity (Wildman–Crippen MR) is 78.1 cm³/mol. The van der Waals surface area contributed by atoms with Crippen LogP contribution in [0, 0.1) is 17.6 Å². The van der Waals surface area contributed by atoms with E-state index in [4.69, 9.17) is 0 Å². The minimum absolute atomic E-state index is 0.0452. The van der Waals surface area contributed by atoms with Gasteiger partial charge in [0.25, 0.3) is 0 Å². The summed E-state index contributed by atoms with van der Waals surface area (Å²) >= 11 is 1.33. The molecule has 1 aliphatic heterocycles. The van der Waals surface area contributed by atoms with Gasteiger partial charge in [-0.15, -0.1) is 11.8 Å². The van der Waals surface area contributed by atoms with Gasteiger partial charge in [-0.25, -0.2) is 8.78 Å². The minimum atomic E-state index is -0.870. The third kappa shape index (κ3) is 4.41. The Bertz CT molecular complexity index is 512. The molecular weight excluding hydrogens is 296 g/mol. The Balaban J connectivity index is 1.77. The molecule has 0 saturated carbocycles.